The maximum atomic E-state index is 6.13. The van der Waals surface area contributed by atoms with Crippen LogP contribution in [-0.2, 0) is 6.42 Å². The second-order valence-corrected chi connectivity index (χ2v) is 5.78. The van der Waals surface area contributed by atoms with E-state index < -0.39 is 0 Å². The lowest BCUT2D eigenvalue weighted by molar-refractivity contribution is 0.672. The van der Waals surface area contributed by atoms with Gasteiger partial charge in [0.25, 0.3) is 0 Å². The van der Waals surface area contributed by atoms with Gasteiger partial charge in [-0.2, -0.15) is 0 Å². The Morgan fingerprint density at radius 2 is 2.27 bits per heavy atom. The zero-order valence-electron chi connectivity index (χ0n) is 8.75. The van der Waals surface area contributed by atoms with Gasteiger partial charge in [-0.3, -0.25) is 0 Å². The molecule has 1 aromatic rings. The van der Waals surface area contributed by atoms with Crippen molar-refractivity contribution in [1.29, 1.82) is 0 Å². The lowest BCUT2D eigenvalue weighted by atomic mass is 10.0. The fourth-order valence-electron chi connectivity index (χ4n) is 2.04. The molecule has 3 rings (SSSR count). The van der Waals surface area contributed by atoms with E-state index in [-0.39, 0.29) is 5.54 Å². The van der Waals surface area contributed by atoms with E-state index in [0.29, 0.717) is 0 Å². The summed E-state index contributed by atoms with van der Waals surface area (Å²) in [4.78, 5) is 1.38. The Labute approximate surface area is 94.6 Å². The van der Waals surface area contributed by atoms with Crippen molar-refractivity contribution in [3.63, 3.8) is 0 Å². The zero-order chi connectivity index (χ0) is 10.3. The highest BCUT2D eigenvalue weighted by Gasteiger charge is 2.38. The number of rotatable bonds is 2. The molecule has 0 amide bonds. The van der Waals surface area contributed by atoms with E-state index in [2.05, 4.69) is 23.5 Å². The molecule has 1 heterocycles. The number of thioether (sulfide) groups is 1. The monoisotopic (exact) mass is 220 g/mol. The summed E-state index contributed by atoms with van der Waals surface area (Å²) in [5.74, 6) is 1.17. The first kappa shape index (κ1) is 9.55. The normalized spacial score (nSPS) is 21.7. The predicted molar refractivity (Wildman–Crippen MR) is 65.5 cm³/mol. The fraction of sp³-hybridized carbons (Fsp3) is 0.500. The van der Waals surface area contributed by atoms with Crippen molar-refractivity contribution in [2.75, 3.05) is 17.6 Å². The molecule has 2 nitrogen and oxygen atoms in total. The van der Waals surface area contributed by atoms with E-state index in [0.717, 1.165) is 13.0 Å². The molecule has 3 heteroatoms. The van der Waals surface area contributed by atoms with Gasteiger partial charge in [0.05, 0.1) is 0 Å². The summed E-state index contributed by atoms with van der Waals surface area (Å²) in [6, 6.07) is 6.73. The number of hydrogen-bond donors (Lipinski definition) is 2. The van der Waals surface area contributed by atoms with Crippen LogP contribution in [0.4, 0.5) is 5.69 Å². The van der Waals surface area contributed by atoms with Gasteiger partial charge >= 0.3 is 0 Å². The maximum Gasteiger partial charge on any atom is 0.0481 e. The highest BCUT2D eigenvalue weighted by Crippen LogP contribution is 2.37. The molecule has 1 saturated carbocycles. The molecule has 0 radical (unpaired) electrons. The second kappa shape index (κ2) is 3.42. The summed E-state index contributed by atoms with van der Waals surface area (Å²) in [6.45, 7) is 1.08. The minimum atomic E-state index is 0.121. The van der Waals surface area contributed by atoms with E-state index in [1.165, 1.54) is 34.7 Å². The first-order chi connectivity index (χ1) is 7.25. The largest absolute Gasteiger partial charge is 0.383 e. The van der Waals surface area contributed by atoms with Crippen molar-refractivity contribution >= 4 is 17.4 Å². The lowest BCUT2D eigenvalue weighted by Gasteiger charge is -2.19. The van der Waals surface area contributed by atoms with Gasteiger partial charge in [0, 0.05) is 28.4 Å². The van der Waals surface area contributed by atoms with Gasteiger partial charge in [-0.25, -0.2) is 0 Å². The lowest BCUT2D eigenvalue weighted by Crippen LogP contribution is -2.24. The molecule has 0 aromatic heterocycles. The summed E-state index contributed by atoms with van der Waals surface area (Å²) in [6.07, 6.45) is 3.41. The number of nitrogens with two attached hydrogens (primary N) is 1. The van der Waals surface area contributed by atoms with Gasteiger partial charge in [-0.15, -0.1) is 11.8 Å². The van der Waals surface area contributed by atoms with Crippen LogP contribution in [0.25, 0.3) is 0 Å². The molecule has 1 aliphatic heterocycles. The molecule has 80 valence electrons. The van der Waals surface area contributed by atoms with Crippen molar-refractivity contribution < 1.29 is 0 Å². The Hall–Kier alpha value is -0.670. The second-order valence-electron chi connectivity index (χ2n) is 4.64. The minimum absolute atomic E-state index is 0.121. The molecule has 0 spiro atoms. The standard InChI is InChI=1S/C12H16N2S/c13-12(3-4-12)8-9-1-2-11-10(7-9)14-5-6-15-11/h1-2,7,14H,3-6,8,13H2. The number of nitrogens with one attached hydrogen (secondary N) is 1. The average molecular weight is 220 g/mol. The summed E-state index contributed by atoms with van der Waals surface area (Å²) in [7, 11) is 0. The number of anilines is 1. The number of fused-ring (bicyclic) bond motifs is 1. The predicted octanol–water partition coefficient (Wildman–Crippen LogP) is 2.24. The van der Waals surface area contributed by atoms with Crippen LogP contribution in [0.5, 0.6) is 0 Å². The maximum absolute atomic E-state index is 6.13. The topological polar surface area (TPSA) is 38.0 Å². The molecule has 0 bridgehead atoms. The third-order valence-corrected chi connectivity index (χ3v) is 4.24. The smallest absolute Gasteiger partial charge is 0.0481 e. The first-order valence-corrected chi connectivity index (χ1v) is 6.52. The van der Waals surface area contributed by atoms with Gasteiger partial charge in [-0.05, 0) is 37.0 Å². The van der Waals surface area contributed by atoms with E-state index in [1.807, 2.05) is 11.8 Å². The molecular weight excluding hydrogens is 204 g/mol. The molecule has 1 aromatic carbocycles. The summed E-state index contributed by atoms with van der Waals surface area (Å²) < 4.78 is 0. The van der Waals surface area contributed by atoms with Crippen LogP contribution in [0.1, 0.15) is 18.4 Å². The molecule has 2 aliphatic rings. The van der Waals surface area contributed by atoms with Crippen LogP contribution < -0.4 is 11.1 Å². The first-order valence-electron chi connectivity index (χ1n) is 5.54. The molecular formula is C12H16N2S. The van der Waals surface area contributed by atoms with Crippen LogP contribution in [0.2, 0.25) is 0 Å². The average Bonchev–Trinajstić information content (AvgIpc) is 2.96. The van der Waals surface area contributed by atoms with E-state index in [9.17, 15) is 0 Å². The third kappa shape index (κ3) is 1.99. The van der Waals surface area contributed by atoms with Gasteiger partial charge in [0.15, 0.2) is 0 Å². The number of hydrogen-bond acceptors (Lipinski definition) is 3. The summed E-state index contributed by atoms with van der Waals surface area (Å²) in [5.41, 5.74) is 8.93. The molecule has 0 unspecified atom stereocenters. The van der Waals surface area contributed by atoms with Crippen molar-refractivity contribution in [2.45, 2.75) is 29.7 Å². The summed E-state index contributed by atoms with van der Waals surface area (Å²) in [5, 5.41) is 3.45. The Morgan fingerprint density at radius 3 is 3.07 bits per heavy atom. The van der Waals surface area contributed by atoms with Crippen molar-refractivity contribution in [2.24, 2.45) is 5.73 Å². The molecule has 0 saturated heterocycles. The van der Waals surface area contributed by atoms with Crippen LogP contribution in [0.15, 0.2) is 23.1 Å². The molecule has 0 atom stereocenters. The quantitative estimate of drug-likeness (QED) is 0.802. The molecule has 1 aliphatic carbocycles. The van der Waals surface area contributed by atoms with Gasteiger partial charge < -0.3 is 11.1 Å². The van der Waals surface area contributed by atoms with Crippen LogP contribution in [-0.4, -0.2) is 17.8 Å². The van der Waals surface area contributed by atoms with Crippen molar-refractivity contribution in [3.8, 4) is 0 Å². The third-order valence-electron chi connectivity index (χ3n) is 3.17. The SMILES string of the molecule is NC1(Cc2ccc3c(c2)NCCS3)CC1. The fourth-order valence-corrected chi connectivity index (χ4v) is 2.92. The van der Waals surface area contributed by atoms with Crippen molar-refractivity contribution in [1.82, 2.24) is 0 Å². The Morgan fingerprint density at radius 1 is 1.40 bits per heavy atom. The molecule has 1 fully saturated rings. The van der Waals surface area contributed by atoms with E-state index in [4.69, 9.17) is 5.73 Å². The Kier molecular flexibility index (Phi) is 2.18. The van der Waals surface area contributed by atoms with Gasteiger partial charge in [-0.1, -0.05) is 6.07 Å². The van der Waals surface area contributed by atoms with Crippen molar-refractivity contribution in [3.05, 3.63) is 23.8 Å². The minimum Gasteiger partial charge on any atom is -0.383 e. The van der Waals surface area contributed by atoms with Gasteiger partial charge in [0.2, 0.25) is 0 Å². The molecule has 3 N–H and O–H groups in total. The van der Waals surface area contributed by atoms with Gasteiger partial charge in [0.1, 0.15) is 0 Å². The zero-order valence-corrected chi connectivity index (χ0v) is 9.57. The van der Waals surface area contributed by atoms with E-state index in [1.54, 1.807) is 0 Å². The number of benzene rings is 1. The van der Waals surface area contributed by atoms with Crippen LogP contribution in [0, 0.1) is 0 Å². The Balaban J connectivity index is 1.84. The highest BCUT2D eigenvalue weighted by molar-refractivity contribution is 7.99. The Bertz CT molecular complexity index is 385. The van der Waals surface area contributed by atoms with Crippen LogP contribution >= 0.6 is 11.8 Å². The summed E-state index contributed by atoms with van der Waals surface area (Å²) >= 11 is 1.94. The molecule has 15 heavy (non-hydrogen) atoms. The van der Waals surface area contributed by atoms with Crippen LogP contribution in [0.3, 0.4) is 0 Å². The van der Waals surface area contributed by atoms with E-state index >= 15 is 0 Å². The highest BCUT2D eigenvalue weighted by atomic mass is 32.2.